The number of pyridine rings is 1. The van der Waals surface area contributed by atoms with Crippen molar-refractivity contribution in [3.8, 4) is 11.3 Å². The lowest BCUT2D eigenvalue weighted by Crippen LogP contribution is -1.86. The van der Waals surface area contributed by atoms with Gasteiger partial charge in [-0.15, -0.1) is 0 Å². The Morgan fingerprint density at radius 1 is 0.938 bits per heavy atom. The third-order valence-corrected chi connectivity index (χ3v) is 3.40. The van der Waals surface area contributed by atoms with Crippen molar-refractivity contribution in [1.29, 1.82) is 0 Å². The minimum Gasteiger partial charge on any atom is -0.256 e. The summed E-state index contributed by atoms with van der Waals surface area (Å²) in [5.41, 5.74) is 2.64. The summed E-state index contributed by atoms with van der Waals surface area (Å²) in [6, 6.07) is 7.20. The van der Waals surface area contributed by atoms with Crippen LogP contribution < -0.4 is 0 Å². The van der Waals surface area contributed by atoms with Crippen LogP contribution in [0.5, 0.6) is 0 Å². The molecular formula is C12H8Cl3N. The second-order valence-corrected chi connectivity index (χ2v) is 4.67. The maximum Gasteiger partial charge on any atom is 0.0717 e. The van der Waals surface area contributed by atoms with E-state index in [0.29, 0.717) is 15.1 Å². The summed E-state index contributed by atoms with van der Waals surface area (Å²) in [4.78, 5) is 4.29. The van der Waals surface area contributed by atoms with Crippen LogP contribution in [0.3, 0.4) is 0 Å². The monoisotopic (exact) mass is 271 g/mol. The number of rotatable bonds is 1. The molecule has 0 N–H and O–H groups in total. The van der Waals surface area contributed by atoms with E-state index in [9.17, 15) is 0 Å². The van der Waals surface area contributed by atoms with Gasteiger partial charge in [-0.1, -0.05) is 40.9 Å². The molecule has 0 aliphatic heterocycles. The summed E-state index contributed by atoms with van der Waals surface area (Å²) in [6.07, 6.45) is 1.74. The standard InChI is InChI=1S/C12H8Cl3N/c1-7-6-16-12(5-10(7)14)8-2-3-9(13)11(15)4-8/h2-6H,1H3. The molecule has 16 heavy (non-hydrogen) atoms. The molecule has 0 bridgehead atoms. The van der Waals surface area contributed by atoms with Gasteiger partial charge < -0.3 is 0 Å². The molecule has 2 aromatic rings. The highest BCUT2D eigenvalue weighted by atomic mass is 35.5. The molecule has 0 amide bonds. The van der Waals surface area contributed by atoms with E-state index in [-0.39, 0.29) is 0 Å². The van der Waals surface area contributed by atoms with Crippen LogP contribution in [0.15, 0.2) is 30.5 Å². The van der Waals surface area contributed by atoms with E-state index in [1.807, 2.05) is 19.1 Å². The second-order valence-electron chi connectivity index (χ2n) is 3.45. The van der Waals surface area contributed by atoms with Crippen LogP contribution in [0, 0.1) is 6.92 Å². The van der Waals surface area contributed by atoms with Crippen molar-refractivity contribution in [1.82, 2.24) is 4.98 Å². The van der Waals surface area contributed by atoms with Crippen LogP contribution in [-0.2, 0) is 0 Å². The maximum absolute atomic E-state index is 6.04. The van der Waals surface area contributed by atoms with Crippen LogP contribution in [0.2, 0.25) is 15.1 Å². The summed E-state index contributed by atoms with van der Waals surface area (Å²) in [7, 11) is 0. The lowest BCUT2D eigenvalue weighted by molar-refractivity contribution is 1.27. The molecule has 82 valence electrons. The van der Waals surface area contributed by atoms with Gasteiger partial charge in [-0.05, 0) is 30.7 Å². The second kappa shape index (κ2) is 4.62. The van der Waals surface area contributed by atoms with E-state index >= 15 is 0 Å². The van der Waals surface area contributed by atoms with E-state index < -0.39 is 0 Å². The Hall–Kier alpha value is -0.760. The zero-order valence-corrected chi connectivity index (χ0v) is 10.7. The first-order chi connectivity index (χ1) is 7.58. The first-order valence-corrected chi connectivity index (χ1v) is 5.79. The fourth-order valence-corrected chi connectivity index (χ4v) is 1.76. The summed E-state index contributed by atoms with van der Waals surface area (Å²) in [5, 5.41) is 1.73. The van der Waals surface area contributed by atoms with E-state index in [1.165, 1.54) is 0 Å². The molecule has 1 aromatic heterocycles. The highest BCUT2D eigenvalue weighted by Crippen LogP contribution is 2.29. The first kappa shape index (κ1) is 11.7. The Morgan fingerprint density at radius 3 is 2.31 bits per heavy atom. The Kier molecular flexibility index (Phi) is 3.38. The van der Waals surface area contributed by atoms with Crippen molar-refractivity contribution in [2.24, 2.45) is 0 Å². The van der Waals surface area contributed by atoms with Gasteiger partial charge in [0, 0.05) is 16.8 Å². The van der Waals surface area contributed by atoms with Gasteiger partial charge in [0.05, 0.1) is 15.7 Å². The minimum absolute atomic E-state index is 0.512. The third kappa shape index (κ3) is 2.32. The van der Waals surface area contributed by atoms with E-state index in [0.717, 1.165) is 16.8 Å². The quantitative estimate of drug-likeness (QED) is 0.710. The summed E-state index contributed by atoms with van der Waals surface area (Å²) in [5.74, 6) is 0. The summed E-state index contributed by atoms with van der Waals surface area (Å²) < 4.78 is 0. The maximum atomic E-state index is 6.04. The van der Waals surface area contributed by atoms with Crippen molar-refractivity contribution in [3.05, 3.63) is 51.1 Å². The molecule has 1 aromatic carbocycles. The lowest BCUT2D eigenvalue weighted by atomic mass is 10.1. The molecule has 0 saturated carbocycles. The molecule has 1 heterocycles. The van der Waals surface area contributed by atoms with Crippen molar-refractivity contribution in [3.63, 3.8) is 0 Å². The highest BCUT2D eigenvalue weighted by Gasteiger charge is 2.05. The lowest BCUT2D eigenvalue weighted by Gasteiger charge is -2.04. The Balaban J connectivity index is 2.50. The molecule has 2 rings (SSSR count). The van der Waals surface area contributed by atoms with Gasteiger partial charge in [0.1, 0.15) is 0 Å². The van der Waals surface area contributed by atoms with Gasteiger partial charge >= 0.3 is 0 Å². The fraction of sp³-hybridized carbons (Fsp3) is 0.0833. The Morgan fingerprint density at radius 2 is 1.69 bits per heavy atom. The predicted octanol–water partition coefficient (Wildman–Crippen LogP) is 5.02. The largest absolute Gasteiger partial charge is 0.256 e. The summed E-state index contributed by atoms with van der Waals surface area (Å²) in [6.45, 7) is 1.91. The number of hydrogen-bond acceptors (Lipinski definition) is 1. The van der Waals surface area contributed by atoms with Crippen LogP contribution in [0.4, 0.5) is 0 Å². The van der Waals surface area contributed by atoms with Crippen molar-refractivity contribution in [2.75, 3.05) is 0 Å². The predicted molar refractivity (Wildman–Crippen MR) is 69.4 cm³/mol. The third-order valence-electron chi connectivity index (χ3n) is 2.25. The highest BCUT2D eigenvalue weighted by molar-refractivity contribution is 6.42. The van der Waals surface area contributed by atoms with E-state index in [2.05, 4.69) is 4.98 Å². The molecule has 0 spiro atoms. The van der Waals surface area contributed by atoms with Crippen LogP contribution >= 0.6 is 34.8 Å². The number of benzene rings is 1. The molecular weight excluding hydrogens is 264 g/mol. The molecule has 4 heteroatoms. The topological polar surface area (TPSA) is 12.9 Å². The first-order valence-electron chi connectivity index (χ1n) is 4.65. The Bertz CT molecular complexity index is 488. The SMILES string of the molecule is Cc1cnc(-c2ccc(Cl)c(Cl)c2)cc1Cl. The Labute approximate surface area is 109 Å². The van der Waals surface area contributed by atoms with Gasteiger partial charge in [0.15, 0.2) is 0 Å². The minimum atomic E-state index is 0.512. The normalized spacial score (nSPS) is 10.5. The fourth-order valence-electron chi connectivity index (χ4n) is 1.31. The molecule has 0 atom stereocenters. The van der Waals surface area contributed by atoms with Gasteiger partial charge in [0.2, 0.25) is 0 Å². The van der Waals surface area contributed by atoms with E-state index in [1.54, 1.807) is 18.3 Å². The molecule has 0 radical (unpaired) electrons. The van der Waals surface area contributed by atoms with Crippen molar-refractivity contribution >= 4 is 34.8 Å². The van der Waals surface area contributed by atoms with Crippen molar-refractivity contribution in [2.45, 2.75) is 6.92 Å². The van der Waals surface area contributed by atoms with Gasteiger partial charge in [-0.3, -0.25) is 4.98 Å². The molecule has 0 unspecified atom stereocenters. The molecule has 0 fully saturated rings. The van der Waals surface area contributed by atoms with Gasteiger partial charge in [0.25, 0.3) is 0 Å². The number of hydrogen-bond donors (Lipinski definition) is 0. The molecule has 0 aliphatic carbocycles. The van der Waals surface area contributed by atoms with Crippen molar-refractivity contribution < 1.29 is 0 Å². The molecule has 0 aliphatic rings. The number of aryl methyl sites for hydroxylation is 1. The number of nitrogens with zero attached hydrogens (tertiary/aromatic N) is 1. The number of halogens is 3. The van der Waals surface area contributed by atoms with Crippen LogP contribution in [0.1, 0.15) is 5.56 Å². The average molecular weight is 273 g/mol. The average Bonchev–Trinajstić information content (AvgIpc) is 2.26. The molecule has 0 saturated heterocycles. The number of aromatic nitrogens is 1. The van der Waals surface area contributed by atoms with E-state index in [4.69, 9.17) is 34.8 Å². The van der Waals surface area contributed by atoms with Gasteiger partial charge in [-0.2, -0.15) is 0 Å². The zero-order chi connectivity index (χ0) is 11.7. The van der Waals surface area contributed by atoms with Crippen LogP contribution in [-0.4, -0.2) is 4.98 Å². The molecule has 1 nitrogen and oxygen atoms in total. The smallest absolute Gasteiger partial charge is 0.0717 e. The van der Waals surface area contributed by atoms with Gasteiger partial charge in [-0.25, -0.2) is 0 Å². The zero-order valence-electron chi connectivity index (χ0n) is 8.47. The summed E-state index contributed by atoms with van der Waals surface area (Å²) >= 11 is 17.8. The van der Waals surface area contributed by atoms with Crippen LogP contribution in [0.25, 0.3) is 11.3 Å².